The van der Waals surface area contributed by atoms with Crippen LogP contribution in [0.4, 0.5) is 11.5 Å². The van der Waals surface area contributed by atoms with Gasteiger partial charge in [0.1, 0.15) is 17.9 Å². The van der Waals surface area contributed by atoms with Gasteiger partial charge in [-0.3, -0.25) is 4.79 Å². The van der Waals surface area contributed by atoms with Crippen LogP contribution in [-0.4, -0.2) is 42.2 Å². The Labute approximate surface area is 140 Å². The van der Waals surface area contributed by atoms with Gasteiger partial charge in [-0.25, -0.2) is 9.97 Å². The van der Waals surface area contributed by atoms with Gasteiger partial charge < -0.3 is 19.7 Å². The highest BCUT2D eigenvalue weighted by Gasteiger charge is 2.24. The van der Waals surface area contributed by atoms with Gasteiger partial charge in [0.15, 0.2) is 6.61 Å². The van der Waals surface area contributed by atoms with E-state index in [9.17, 15) is 4.79 Å². The molecule has 0 saturated carbocycles. The predicted octanol–water partition coefficient (Wildman–Crippen LogP) is 2.10. The van der Waals surface area contributed by atoms with Gasteiger partial charge in [0.05, 0.1) is 12.3 Å². The maximum atomic E-state index is 12.1. The molecule has 0 fully saturated rings. The van der Waals surface area contributed by atoms with E-state index in [1.807, 2.05) is 31.2 Å². The molecule has 0 bridgehead atoms. The monoisotopic (exact) mass is 328 g/mol. The minimum atomic E-state index is -0.0191. The summed E-state index contributed by atoms with van der Waals surface area (Å²) in [5.74, 6) is 1.99. The fraction of sp³-hybridized carbons (Fsp3) is 0.353. The molecule has 1 aliphatic heterocycles. The summed E-state index contributed by atoms with van der Waals surface area (Å²) in [4.78, 5) is 22.0. The van der Waals surface area contributed by atoms with Crippen molar-refractivity contribution in [1.29, 1.82) is 0 Å². The van der Waals surface area contributed by atoms with Crippen molar-refractivity contribution in [2.24, 2.45) is 0 Å². The number of nitrogens with one attached hydrogen (secondary N) is 1. The summed E-state index contributed by atoms with van der Waals surface area (Å²) < 4.78 is 10.8. The Morgan fingerprint density at radius 2 is 2.21 bits per heavy atom. The second-order valence-corrected chi connectivity index (χ2v) is 5.26. The number of hydrogen-bond donors (Lipinski definition) is 1. The number of nitrogens with zero attached hydrogens (tertiary/aromatic N) is 3. The number of fused-ring (bicyclic) bond motifs is 1. The minimum Gasteiger partial charge on any atom is -0.482 e. The van der Waals surface area contributed by atoms with Crippen LogP contribution in [-0.2, 0) is 4.79 Å². The van der Waals surface area contributed by atoms with Gasteiger partial charge in [-0.05, 0) is 25.5 Å². The molecule has 7 heteroatoms. The van der Waals surface area contributed by atoms with E-state index in [0.29, 0.717) is 31.4 Å². The van der Waals surface area contributed by atoms with Crippen LogP contribution in [0.25, 0.3) is 0 Å². The standard InChI is InChI=1S/C17H20N4O3/c1-2-23-16-10-15(19-12-20-16)18-8-5-9-21-13-6-3-4-7-14(13)24-11-17(21)22/h3-4,6-7,10,12H,2,5,8-9,11H2,1H3,(H,18,19,20). The number of para-hydroxylation sites is 2. The summed E-state index contributed by atoms with van der Waals surface area (Å²) >= 11 is 0. The highest BCUT2D eigenvalue weighted by Crippen LogP contribution is 2.31. The van der Waals surface area contributed by atoms with E-state index in [1.165, 1.54) is 6.33 Å². The largest absolute Gasteiger partial charge is 0.482 e. The molecule has 1 aromatic carbocycles. The molecule has 2 heterocycles. The molecule has 1 N–H and O–H groups in total. The Morgan fingerprint density at radius 3 is 3.08 bits per heavy atom. The summed E-state index contributed by atoms with van der Waals surface area (Å²) in [5, 5.41) is 3.22. The Balaban J connectivity index is 1.53. The SMILES string of the molecule is CCOc1cc(NCCCN2C(=O)COc3ccccc32)ncn1. The van der Waals surface area contributed by atoms with E-state index in [2.05, 4.69) is 15.3 Å². The lowest BCUT2D eigenvalue weighted by Gasteiger charge is -2.29. The zero-order valence-corrected chi connectivity index (χ0v) is 13.6. The minimum absolute atomic E-state index is 0.0191. The van der Waals surface area contributed by atoms with Gasteiger partial charge in [-0.2, -0.15) is 0 Å². The molecule has 0 radical (unpaired) electrons. The van der Waals surface area contributed by atoms with E-state index in [0.717, 1.165) is 17.9 Å². The lowest BCUT2D eigenvalue weighted by Crippen LogP contribution is -2.39. The highest BCUT2D eigenvalue weighted by atomic mass is 16.5. The first-order valence-corrected chi connectivity index (χ1v) is 7.99. The maximum absolute atomic E-state index is 12.1. The first-order chi connectivity index (χ1) is 11.8. The summed E-state index contributed by atoms with van der Waals surface area (Å²) in [7, 11) is 0. The van der Waals surface area contributed by atoms with Crippen LogP contribution in [0.15, 0.2) is 36.7 Å². The van der Waals surface area contributed by atoms with Crippen molar-refractivity contribution in [3.05, 3.63) is 36.7 Å². The van der Waals surface area contributed by atoms with Crippen LogP contribution >= 0.6 is 0 Å². The number of anilines is 2. The number of ether oxygens (including phenoxy) is 2. The molecule has 0 unspecified atom stereocenters. The van der Waals surface area contributed by atoms with Crippen LogP contribution in [0.1, 0.15) is 13.3 Å². The summed E-state index contributed by atoms with van der Waals surface area (Å²) in [6, 6.07) is 9.35. The van der Waals surface area contributed by atoms with E-state index in [-0.39, 0.29) is 12.5 Å². The van der Waals surface area contributed by atoms with Crippen LogP contribution in [0.5, 0.6) is 11.6 Å². The molecule has 2 aromatic rings. The highest BCUT2D eigenvalue weighted by molar-refractivity contribution is 5.97. The van der Waals surface area contributed by atoms with E-state index in [4.69, 9.17) is 9.47 Å². The van der Waals surface area contributed by atoms with Crippen molar-refractivity contribution in [3.8, 4) is 11.6 Å². The molecule has 1 aromatic heterocycles. The van der Waals surface area contributed by atoms with Crippen LogP contribution < -0.4 is 19.7 Å². The number of benzene rings is 1. The van der Waals surface area contributed by atoms with Gasteiger partial charge in [-0.15, -0.1) is 0 Å². The first kappa shape index (κ1) is 16.0. The molecular weight excluding hydrogens is 308 g/mol. The molecule has 0 spiro atoms. The second kappa shape index (κ2) is 7.63. The Kier molecular flexibility index (Phi) is 5.10. The van der Waals surface area contributed by atoms with Crippen LogP contribution in [0, 0.1) is 0 Å². The van der Waals surface area contributed by atoms with Crippen molar-refractivity contribution >= 4 is 17.4 Å². The summed E-state index contributed by atoms with van der Waals surface area (Å²) in [6.07, 6.45) is 2.25. The number of carbonyl (C=O) groups is 1. The molecule has 1 amide bonds. The third kappa shape index (κ3) is 3.73. The van der Waals surface area contributed by atoms with Gasteiger partial charge in [-0.1, -0.05) is 12.1 Å². The maximum Gasteiger partial charge on any atom is 0.265 e. The number of rotatable bonds is 7. The van der Waals surface area contributed by atoms with E-state index in [1.54, 1.807) is 11.0 Å². The average molecular weight is 328 g/mol. The quantitative estimate of drug-likeness (QED) is 0.785. The van der Waals surface area contributed by atoms with Crippen molar-refractivity contribution in [2.45, 2.75) is 13.3 Å². The smallest absolute Gasteiger partial charge is 0.265 e. The third-order valence-corrected chi connectivity index (χ3v) is 3.61. The van der Waals surface area contributed by atoms with Crippen molar-refractivity contribution in [2.75, 3.05) is 36.5 Å². The van der Waals surface area contributed by atoms with Crippen LogP contribution in [0.2, 0.25) is 0 Å². The van der Waals surface area contributed by atoms with Gasteiger partial charge in [0, 0.05) is 19.2 Å². The summed E-state index contributed by atoms with van der Waals surface area (Å²) in [5.41, 5.74) is 0.828. The normalized spacial score (nSPS) is 13.2. The average Bonchev–Trinajstić information content (AvgIpc) is 2.61. The lowest BCUT2D eigenvalue weighted by molar-refractivity contribution is -0.121. The zero-order chi connectivity index (χ0) is 16.8. The molecule has 0 saturated heterocycles. The fourth-order valence-corrected chi connectivity index (χ4v) is 2.52. The molecule has 0 atom stereocenters. The zero-order valence-electron chi connectivity index (χ0n) is 13.6. The number of aromatic nitrogens is 2. The van der Waals surface area contributed by atoms with Gasteiger partial charge in [0.2, 0.25) is 5.88 Å². The first-order valence-electron chi connectivity index (χ1n) is 7.99. The Morgan fingerprint density at radius 1 is 1.33 bits per heavy atom. The Hall–Kier alpha value is -2.83. The molecule has 7 nitrogen and oxygen atoms in total. The topological polar surface area (TPSA) is 76.6 Å². The van der Waals surface area contributed by atoms with Crippen molar-refractivity contribution in [1.82, 2.24) is 9.97 Å². The molecular formula is C17H20N4O3. The number of hydrogen-bond acceptors (Lipinski definition) is 6. The molecule has 3 rings (SSSR count). The summed E-state index contributed by atoms with van der Waals surface area (Å²) in [6.45, 7) is 3.88. The van der Waals surface area contributed by atoms with Crippen LogP contribution in [0.3, 0.4) is 0 Å². The van der Waals surface area contributed by atoms with Gasteiger partial charge >= 0.3 is 0 Å². The van der Waals surface area contributed by atoms with Crippen molar-refractivity contribution in [3.63, 3.8) is 0 Å². The number of amides is 1. The number of carbonyl (C=O) groups excluding carboxylic acids is 1. The second-order valence-electron chi connectivity index (χ2n) is 5.26. The Bertz CT molecular complexity index is 708. The third-order valence-electron chi connectivity index (χ3n) is 3.61. The fourth-order valence-electron chi connectivity index (χ4n) is 2.52. The molecule has 24 heavy (non-hydrogen) atoms. The van der Waals surface area contributed by atoms with Crippen molar-refractivity contribution < 1.29 is 14.3 Å². The van der Waals surface area contributed by atoms with E-state index >= 15 is 0 Å². The molecule has 126 valence electrons. The van der Waals surface area contributed by atoms with E-state index < -0.39 is 0 Å². The predicted molar refractivity (Wildman–Crippen MR) is 90.6 cm³/mol. The molecule has 1 aliphatic rings. The van der Waals surface area contributed by atoms with Gasteiger partial charge in [0.25, 0.3) is 5.91 Å². The molecule has 0 aliphatic carbocycles. The lowest BCUT2D eigenvalue weighted by atomic mass is 10.2.